The van der Waals surface area contributed by atoms with Crippen LogP contribution >= 0.6 is 11.3 Å². The van der Waals surface area contributed by atoms with Crippen LogP contribution in [-0.2, 0) is 11.3 Å². The van der Waals surface area contributed by atoms with E-state index in [1.165, 1.54) is 0 Å². The summed E-state index contributed by atoms with van der Waals surface area (Å²) in [5, 5.41) is 6.70. The quantitative estimate of drug-likeness (QED) is 0.881. The van der Waals surface area contributed by atoms with Gasteiger partial charge < -0.3 is 15.4 Å². The second kappa shape index (κ2) is 7.38. The van der Waals surface area contributed by atoms with Crippen molar-refractivity contribution in [2.75, 3.05) is 12.4 Å². The largest absolute Gasteiger partial charge is 0.377 e. The number of amides is 2. The Morgan fingerprint density at radius 3 is 2.82 bits per heavy atom. The zero-order valence-corrected chi connectivity index (χ0v) is 14.1. The number of nitrogens with zero attached hydrogens (tertiary/aromatic N) is 1. The lowest BCUT2D eigenvalue weighted by Gasteiger charge is -2.12. The molecule has 2 aromatic rings. The monoisotopic (exact) mass is 319 g/mol. The Bertz CT molecular complexity index is 655. The van der Waals surface area contributed by atoms with Crippen LogP contribution in [0.15, 0.2) is 24.3 Å². The van der Waals surface area contributed by atoms with Crippen molar-refractivity contribution in [2.24, 2.45) is 0 Å². The molecule has 0 aliphatic heterocycles. The molecule has 0 radical (unpaired) electrons. The Morgan fingerprint density at radius 2 is 2.18 bits per heavy atom. The van der Waals surface area contributed by atoms with E-state index in [1.54, 1.807) is 18.4 Å². The fourth-order valence-electron chi connectivity index (χ4n) is 2.08. The molecule has 1 heterocycles. The van der Waals surface area contributed by atoms with Gasteiger partial charge in [0, 0.05) is 17.7 Å². The van der Waals surface area contributed by atoms with Gasteiger partial charge >= 0.3 is 6.03 Å². The molecule has 0 saturated heterocycles. The Morgan fingerprint density at radius 1 is 1.41 bits per heavy atom. The molecule has 1 aromatic carbocycles. The smallest absolute Gasteiger partial charge is 0.319 e. The normalized spacial score (nSPS) is 12.0. The fraction of sp³-hybridized carbons (Fsp3) is 0.375. The molecule has 0 bridgehead atoms. The molecule has 1 atom stereocenters. The Hall–Kier alpha value is -1.92. The van der Waals surface area contributed by atoms with E-state index in [1.807, 2.05) is 45.0 Å². The molecule has 22 heavy (non-hydrogen) atoms. The van der Waals surface area contributed by atoms with Crippen LogP contribution in [-0.4, -0.2) is 18.1 Å². The summed E-state index contributed by atoms with van der Waals surface area (Å²) in [4.78, 5) is 17.4. The van der Waals surface area contributed by atoms with Gasteiger partial charge in [-0.2, -0.15) is 0 Å². The standard InChI is InChI=1S/C16H21N3O2S/c1-10-15(22-12(3)18-10)9-17-16(20)19-14-7-5-6-13(8-14)11(2)21-4/h5-8,11H,9H2,1-4H3,(H2,17,19,20)/t11-/m0/s1. The molecular formula is C16H21N3O2S. The minimum atomic E-state index is -0.229. The molecule has 1 aromatic heterocycles. The number of benzene rings is 1. The van der Waals surface area contributed by atoms with Gasteiger partial charge in [-0.15, -0.1) is 11.3 Å². The van der Waals surface area contributed by atoms with Crippen molar-refractivity contribution >= 4 is 23.1 Å². The first kappa shape index (κ1) is 16.5. The van der Waals surface area contributed by atoms with Crippen LogP contribution < -0.4 is 10.6 Å². The van der Waals surface area contributed by atoms with E-state index in [0.717, 1.165) is 26.8 Å². The van der Waals surface area contributed by atoms with Crippen molar-refractivity contribution in [2.45, 2.75) is 33.4 Å². The number of carbonyl (C=O) groups excluding carboxylic acids is 1. The van der Waals surface area contributed by atoms with Crippen molar-refractivity contribution in [3.63, 3.8) is 0 Å². The van der Waals surface area contributed by atoms with Gasteiger partial charge in [0.05, 0.1) is 23.4 Å². The Balaban J connectivity index is 1.93. The van der Waals surface area contributed by atoms with Crippen LogP contribution in [0.1, 0.15) is 34.2 Å². The van der Waals surface area contributed by atoms with Gasteiger partial charge in [-0.25, -0.2) is 9.78 Å². The molecule has 6 heteroatoms. The van der Waals surface area contributed by atoms with E-state index < -0.39 is 0 Å². The van der Waals surface area contributed by atoms with Gasteiger partial charge in [0.1, 0.15) is 0 Å². The van der Waals surface area contributed by atoms with Crippen LogP contribution in [0, 0.1) is 13.8 Å². The third kappa shape index (κ3) is 4.29. The maximum atomic E-state index is 12.0. The number of hydrogen-bond acceptors (Lipinski definition) is 4. The number of ether oxygens (including phenoxy) is 1. The SMILES string of the molecule is CO[C@@H](C)c1cccc(NC(=O)NCc2sc(C)nc2C)c1. The zero-order valence-electron chi connectivity index (χ0n) is 13.3. The summed E-state index contributed by atoms with van der Waals surface area (Å²) >= 11 is 1.60. The van der Waals surface area contributed by atoms with Crippen LogP contribution in [0.5, 0.6) is 0 Å². The second-order valence-electron chi connectivity index (χ2n) is 5.05. The van der Waals surface area contributed by atoms with Crippen molar-refractivity contribution in [3.8, 4) is 0 Å². The first-order chi connectivity index (χ1) is 10.5. The van der Waals surface area contributed by atoms with Gasteiger partial charge in [-0.1, -0.05) is 12.1 Å². The number of nitrogens with one attached hydrogen (secondary N) is 2. The van der Waals surface area contributed by atoms with E-state index >= 15 is 0 Å². The summed E-state index contributed by atoms with van der Waals surface area (Å²) in [7, 11) is 1.66. The van der Waals surface area contributed by atoms with E-state index in [9.17, 15) is 4.79 Å². The molecule has 2 amide bonds. The summed E-state index contributed by atoms with van der Waals surface area (Å²) in [6.07, 6.45) is -0.00682. The third-order valence-electron chi connectivity index (χ3n) is 3.38. The van der Waals surface area contributed by atoms with Gasteiger partial charge in [-0.05, 0) is 38.5 Å². The number of carbonyl (C=O) groups is 1. The summed E-state index contributed by atoms with van der Waals surface area (Å²) in [6.45, 7) is 6.36. The highest BCUT2D eigenvalue weighted by Crippen LogP contribution is 2.20. The Labute approximate surface area is 134 Å². The zero-order chi connectivity index (χ0) is 16.1. The average molecular weight is 319 g/mol. The van der Waals surface area contributed by atoms with Crippen LogP contribution in [0.25, 0.3) is 0 Å². The first-order valence-electron chi connectivity index (χ1n) is 7.10. The maximum Gasteiger partial charge on any atom is 0.319 e. The number of urea groups is 1. The van der Waals surface area contributed by atoms with E-state index in [2.05, 4.69) is 15.6 Å². The predicted octanol–water partition coefficient (Wildman–Crippen LogP) is 3.79. The molecule has 0 aliphatic carbocycles. The number of rotatable bonds is 5. The molecule has 2 rings (SSSR count). The van der Waals surface area contributed by atoms with Crippen LogP contribution in [0.2, 0.25) is 0 Å². The van der Waals surface area contributed by atoms with Crippen LogP contribution in [0.3, 0.4) is 0 Å². The molecule has 118 valence electrons. The molecule has 0 spiro atoms. The van der Waals surface area contributed by atoms with Gasteiger partial charge in [0.2, 0.25) is 0 Å². The van der Waals surface area contributed by atoms with Crippen molar-refractivity contribution < 1.29 is 9.53 Å². The minimum absolute atomic E-state index is 0.00682. The van der Waals surface area contributed by atoms with Gasteiger partial charge in [0.15, 0.2) is 0 Å². The summed E-state index contributed by atoms with van der Waals surface area (Å²) in [6, 6.07) is 7.41. The lowest BCUT2D eigenvalue weighted by Crippen LogP contribution is -2.28. The number of aryl methyl sites for hydroxylation is 2. The molecular weight excluding hydrogens is 298 g/mol. The summed E-state index contributed by atoms with van der Waals surface area (Å²) in [5.74, 6) is 0. The molecule has 0 fully saturated rings. The van der Waals surface area contributed by atoms with Crippen LogP contribution in [0.4, 0.5) is 10.5 Å². The number of hydrogen-bond donors (Lipinski definition) is 2. The fourth-order valence-corrected chi connectivity index (χ4v) is 2.96. The lowest BCUT2D eigenvalue weighted by atomic mass is 10.1. The minimum Gasteiger partial charge on any atom is -0.377 e. The molecule has 0 saturated carbocycles. The number of aromatic nitrogens is 1. The van der Waals surface area contributed by atoms with Gasteiger partial charge in [-0.3, -0.25) is 0 Å². The van der Waals surface area contributed by atoms with Gasteiger partial charge in [0.25, 0.3) is 0 Å². The summed E-state index contributed by atoms with van der Waals surface area (Å²) < 4.78 is 5.28. The Kier molecular flexibility index (Phi) is 5.51. The molecule has 5 nitrogen and oxygen atoms in total. The summed E-state index contributed by atoms with van der Waals surface area (Å²) in [5.41, 5.74) is 2.74. The van der Waals surface area contributed by atoms with Crippen molar-refractivity contribution in [1.29, 1.82) is 0 Å². The maximum absolute atomic E-state index is 12.0. The predicted molar refractivity (Wildman–Crippen MR) is 89.3 cm³/mol. The second-order valence-corrected chi connectivity index (χ2v) is 6.34. The van der Waals surface area contributed by atoms with Crippen molar-refractivity contribution in [1.82, 2.24) is 10.3 Å². The van der Waals surface area contributed by atoms with E-state index in [4.69, 9.17) is 4.74 Å². The topological polar surface area (TPSA) is 63.2 Å². The highest BCUT2D eigenvalue weighted by Gasteiger charge is 2.08. The number of anilines is 1. The average Bonchev–Trinajstić information content (AvgIpc) is 2.82. The highest BCUT2D eigenvalue weighted by atomic mass is 32.1. The molecule has 0 aliphatic rings. The van der Waals surface area contributed by atoms with E-state index in [0.29, 0.717) is 6.54 Å². The van der Waals surface area contributed by atoms with E-state index in [-0.39, 0.29) is 12.1 Å². The van der Waals surface area contributed by atoms with Crippen molar-refractivity contribution in [3.05, 3.63) is 45.4 Å². The molecule has 2 N–H and O–H groups in total. The highest BCUT2D eigenvalue weighted by molar-refractivity contribution is 7.11. The first-order valence-corrected chi connectivity index (χ1v) is 7.91. The molecule has 0 unspecified atom stereocenters. The number of methoxy groups -OCH3 is 1. The number of thiazole rings is 1. The lowest BCUT2D eigenvalue weighted by molar-refractivity contribution is 0.119. The third-order valence-corrected chi connectivity index (χ3v) is 4.45.